The van der Waals surface area contributed by atoms with Crippen molar-refractivity contribution < 1.29 is 0 Å². The molecule has 1 fully saturated rings. The van der Waals surface area contributed by atoms with Crippen LogP contribution in [0, 0.1) is 11.3 Å². The van der Waals surface area contributed by atoms with E-state index in [9.17, 15) is 0 Å². The van der Waals surface area contributed by atoms with E-state index >= 15 is 0 Å². The third-order valence-corrected chi connectivity index (χ3v) is 5.15. The van der Waals surface area contributed by atoms with Gasteiger partial charge in [0, 0.05) is 19.6 Å². The van der Waals surface area contributed by atoms with Crippen molar-refractivity contribution in [2.75, 3.05) is 33.2 Å². The third-order valence-electron chi connectivity index (χ3n) is 5.15. The summed E-state index contributed by atoms with van der Waals surface area (Å²) < 4.78 is 0. The molecule has 0 aliphatic heterocycles. The Bertz CT molecular complexity index is 217. The zero-order chi connectivity index (χ0) is 14.1. The fourth-order valence-electron chi connectivity index (χ4n) is 3.62. The molecule has 114 valence electrons. The average Bonchev–Trinajstić information content (AvgIpc) is 2.44. The minimum absolute atomic E-state index is 0.472. The van der Waals surface area contributed by atoms with Gasteiger partial charge < -0.3 is 10.2 Å². The molecule has 1 aliphatic carbocycles. The Kier molecular flexibility index (Phi) is 8.01. The molecular weight excluding hydrogens is 232 g/mol. The summed E-state index contributed by atoms with van der Waals surface area (Å²) >= 11 is 0. The van der Waals surface area contributed by atoms with Crippen LogP contribution in [0.15, 0.2) is 0 Å². The van der Waals surface area contributed by atoms with Crippen LogP contribution in [0.2, 0.25) is 0 Å². The number of nitrogens with zero attached hydrogens (tertiary/aromatic N) is 1. The Labute approximate surface area is 121 Å². The summed E-state index contributed by atoms with van der Waals surface area (Å²) in [5, 5.41) is 3.57. The minimum Gasteiger partial charge on any atom is -0.316 e. The fraction of sp³-hybridized carbons (Fsp3) is 1.00. The van der Waals surface area contributed by atoms with E-state index in [0.29, 0.717) is 5.41 Å². The lowest BCUT2D eigenvalue weighted by atomic mass is 9.81. The van der Waals surface area contributed by atoms with Gasteiger partial charge in [0.2, 0.25) is 0 Å². The molecule has 2 nitrogen and oxygen atoms in total. The van der Waals surface area contributed by atoms with Gasteiger partial charge in [-0.15, -0.1) is 0 Å². The Morgan fingerprint density at radius 3 is 2.21 bits per heavy atom. The molecule has 1 saturated carbocycles. The third kappa shape index (κ3) is 5.83. The van der Waals surface area contributed by atoms with E-state index < -0.39 is 0 Å². The Morgan fingerprint density at radius 2 is 1.68 bits per heavy atom. The first-order chi connectivity index (χ1) is 9.15. The first-order valence-electron chi connectivity index (χ1n) is 8.55. The van der Waals surface area contributed by atoms with Gasteiger partial charge in [-0.1, -0.05) is 40.0 Å². The van der Waals surface area contributed by atoms with Crippen LogP contribution >= 0.6 is 0 Å². The van der Waals surface area contributed by atoms with Crippen LogP contribution in [0.5, 0.6) is 0 Å². The zero-order valence-corrected chi connectivity index (χ0v) is 13.8. The van der Waals surface area contributed by atoms with Crippen LogP contribution in [0.4, 0.5) is 0 Å². The molecule has 0 aromatic rings. The predicted molar refractivity (Wildman–Crippen MR) is 85.6 cm³/mol. The van der Waals surface area contributed by atoms with Gasteiger partial charge in [0.1, 0.15) is 0 Å². The molecule has 0 heterocycles. The molecule has 2 heteroatoms. The maximum absolute atomic E-state index is 3.57. The summed E-state index contributed by atoms with van der Waals surface area (Å²) in [5.41, 5.74) is 0.472. The minimum atomic E-state index is 0.472. The molecule has 0 unspecified atom stereocenters. The van der Waals surface area contributed by atoms with Gasteiger partial charge >= 0.3 is 0 Å². The monoisotopic (exact) mass is 268 g/mol. The maximum Gasteiger partial charge on any atom is 0.00470 e. The van der Waals surface area contributed by atoms with E-state index in [0.717, 1.165) is 12.5 Å². The smallest absolute Gasteiger partial charge is 0.00470 e. The molecule has 1 N–H and O–H groups in total. The second kappa shape index (κ2) is 8.97. The van der Waals surface area contributed by atoms with Gasteiger partial charge in [-0.2, -0.15) is 0 Å². The van der Waals surface area contributed by atoms with Crippen LogP contribution in [-0.4, -0.2) is 38.1 Å². The highest BCUT2D eigenvalue weighted by Gasteiger charge is 2.28. The van der Waals surface area contributed by atoms with E-state index in [-0.39, 0.29) is 0 Å². The van der Waals surface area contributed by atoms with Crippen molar-refractivity contribution in [1.82, 2.24) is 10.2 Å². The first-order valence-corrected chi connectivity index (χ1v) is 8.55. The van der Waals surface area contributed by atoms with Crippen molar-refractivity contribution in [3.63, 3.8) is 0 Å². The molecule has 0 radical (unpaired) electrons. The quantitative estimate of drug-likeness (QED) is 0.682. The Hall–Kier alpha value is -0.0800. The van der Waals surface area contributed by atoms with Crippen molar-refractivity contribution in [1.29, 1.82) is 0 Å². The lowest BCUT2D eigenvalue weighted by Gasteiger charge is -2.37. The van der Waals surface area contributed by atoms with E-state index in [1.807, 2.05) is 0 Å². The SMILES string of the molecule is CCNCC(CC)(CC)CN(C)CC1CCCCC1. The van der Waals surface area contributed by atoms with Crippen LogP contribution < -0.4 is 5.32 Å². The lowest BCUT2D eigenvalue weighted by molar-refractivity contribution is 0.133. The predicted octanol–water partition coefficient (Wildman–Crippen LogP) is 3.91. The maximum atomic E-state index is 3.57. The molecule has 0 spiro atoms. The van der Waals surface area contributed by atoms with Crippen molar-refractivity contribution >= 4 is 0 Å². The lowest BCUT2D eigenvalue weighted by Crippen LogP contribution is -2.43. The van der Waals surface area contributed by atoms with Gasteiger partial charge in [0.05, 0.1) is 0 Å². The molecule has 0 amide bonds. The molecule has 0 saturated heterocycles. The Balaban J connectivity index is 2.42. The molecule has 0 bridgehead atoms. The summed E-state index contributed by atoms with van der Waals surface area (Å²) in [6.45, 7) is 11.8. The summed E-state index contributed by atoms with van der Waals surface area (Å²) in [6, 6.07) is 0. The van der Waals surface area contributed by atoms with E-state index in [1.54, 1.807) is 0 Å². The molecule has 19 heavy (non-hydrogen) atoms. The molecule has 1 rings (SSSR count). The highest BCUT2D eigenvalue weighted by atomic mass is 15.1. The first kappa shape index (κ1) is 17.0. The molecule has 0 aromatic heterocycles. The second-order valence-electron chi connectivity index (χ2n) is 6.69. The summed E-state index contributed by atoms with van der Waals surface area (Å²) in [7, 11) is 2.33. The molecule has 1 aliphatic rings. The van der Waals surface area contributed by atoms with E-state index in [2.05, 4.69) is 38.0 Å². The molecular formula is C17H36N2. The van der Waals surface area contributed by atoms with Gasteiger partial charge in [-0.25, -0.2) is 0 Å². The van der Waals surface area contributed by atoms with Crippen molar-refractivity contribution in [3.8, 4) is 0 Å². The van der Waals surface area contributed by atoms with Gasteiger partial charge in [-0.05, 0) is 50.6 Å². The van der Waals surface area contributed by atoms with Crippen molar-refractivity contribution in [3.05, 3.63) is 0 Å². The van der Waals surface area contributed by atoms with Crippen LogP contribution in [-0.2, 0) is 0 Å². The topological polar surface area (TPSA) is 15.3 Å². The van der Waals surface area contributed by atoms with Crippen LogP contribution in [0.3, 0.4) is 0 Å². The molecule has 0 aromatic carbocycles. The van der Waals surface area contributed by atoms with Crippen molar-refractivity contribution in [2.45, 2.75) is 65.7 Å². The highest BCUT2D eigenvalue weighted by Crippen LogP contribution is 2.29. The molecule has 0 atom stereocenters. The van der Waals surface area contributed by atoms with Crippen LogP contribution in [0.25, 0.3) is 0 Å². The van der Waals surface area contributed by atoms with Crippen molar-refractivity contribution in [2.24, 2.45) is 11.3 Å². The fourth-order valence-corrected chi connectivity index (χ4v) is 3.62. The highest BCUT2D eigenvalue weighted by molar-refractivity contribution is 4.83. The standard InChI is InChI=1S/C17H36N2/c1-5-17(6-2,14-18-7-3)15-19(4)13-16-11-9-8-10-12-16/h16,18H,5-15H2,1-4H3. The normalized spacial score (nSPS) is 18.2. The van der Waals surface area contributed by atoms with Gasteiger partial charge in [0.15, 0.2) is 0 Å². The summed E-state index contributed by atoms with van der Waals surface area (Å²) in [6.07, 6.45) is 9.88. The van der Waals surface area contributed by atoms with E-state index in [4.69, 9.17) is 0 Å². The number of nitrogens with one attached hydrogen (secondary N) is 1. The number of hydrogen-bond donors (Lipinski definition) is 1. The van der Waals surface area contributed by atoms with E-state index in [1.165, 1.54) is 64.6 Å². The largest absolute Gasteiger partial charge is 0.316 e. The summed E-state index contributed by atoms with van der Waals surface area (Å²) in [4.78, 5) is 2.61. The average molecular weight is 268 g/mol. The zero-order valence-electron chi connectivity index (χ0n) is 13.8. The number of hydrogen-bond acceptors (Lipinski definition) is 2. The van der Waals surface area contributed by atoms with Gasteiger partial charge in [0.25, 0.3) is 0 Å². The van der Waals surface area contributed by atoms with Gasteiger partial charge in [-0.3, -0.25) is 0 Å². The second-order valence-corrected chi connectivity index (χ2v) is 6.69. The Morgan fingerprint density at radius 1 is 1.05 bits per heavy atom. The van der Waals surface area contributed by atoms with Crippen LogP contribution in [0.1, 0.15) is 65.7 Å². The number of rotatable bonds is 9. The summed E-state index contributed by atoms with van der Waals surface area (Å²) in [5.74, 6) is 0.962.